The van der Waals surface area contributed by atoms with Crippen LogP contribution in [0.4, 0.5) is 5.82 Å². The van der Waals surface area contributed by atoms with E-state index in [4.69, 9.17) is 28.8 Å². The van der Waals surface area contributed by atoms with Gasteiger partial charge in [-0.3, -0.25) is 4.79 Å². The molecular formula is C35H35N3O8. The van der Waals surface area contributed by atoms with Crippen molar-refractivity contribution in [2.45, 2.75) is 31.6 Å². The van der Waals surface area contributed by atoms with Crippen molar-refractivity contribution < 1.29 is 38.4 Å². The van der Waals surface area contributed by atoms with E-state index in [9.17, 15) is 14.7 Å². The Morgan fingerprint density at radius 2 is 1.50 bits per heavy atom. The number of methoxy groups -OCH3 is 5. The Labute approximate surface area is 266 Å². The Kier molecular flexibility index (Phi) is 8.08. The van der Waals surface area contributed by atoms with E-state index < -0.39 is 11.9 Å². The molecule has 1 aliphatic carbocycles. The van der Waals surface area contributed by atoms with Crippen LogP contribution in [-0.2, 0) is 4.79 Å². The lowest BCUT2D eigenvalue weighted by molar-refractivity contribution is -0.116. The van der Waals surface area contributed by atoms with Gasteiger partial charge in [0.05, 0.1) is 52.5 Å². The second-order valence-electron chi connectivity index (χ2n) is 11.1. The lowest BCUT2D eigenvalue weighted by Gasteiger charge is -2.36. The minimum absolute atomic E-state index is 0.0176. The molecule has 0 amide bonds. The Hall–Kier alpha value is -5.45. The number of fused-ring (bicyclic) bond motifs is 1. The van der Waals surface area contributed by atoms with Crippen LogP contribution in [0, 0.1) is 6.92 Å². The van der Waals surface area contributed by atoms with Gasteiger partial charge in [0, 0.05) is 29.2 Å². The molecule has 238 valence electrons. The minimum Gasteiger partial charge on any atom is -0.493 e. The summed E-state index contributed by atoms with van der Waals surface area (Å²) < 4.78 is 29.6. The maximum Gasteiger partial charge on any atom is 0.337 e. The molecule has 46 heavy (non-hydrogen) atoms. The number of para-hydroxylation sites is 1. The average Bonchev–Trinajstić information content (AvgIpc) is 3.41. The number of ketones is 1. The fourth-order valence-corrected chi connectivity index (χ4v) is 6.63. The molecule has 3 aromatic carbocycles. The highest BCUT2D eigenvalue weighted by Crippen LogP contribution is 2.52. The Bertz CT molecular complexity index is 1870. The molecule has 2 heterocycles. The number of carboxylic acid groups (broad SMARTS) is 1. The van der Waals surface area contributed by atoms with E-state index in [-0.39, 0.29) is 23.7 Å². The minimum atomic E-state index is -1.07. The smallest absolute Gasteiger partial charge is 0.337 e. The molecule has 2 aliphatic rings. The molecule has 0 bridgehead atoms. The van der Waals surface area contributed by atoms with Crippen LogP contribution >= 0.6 is 0 Å². The van der Waals surface area contributed by atoms with E-state index >= 15 is 0 Å². The van der Waals surface area contributed by atoms with Crippen molar-refractivity contribution in [3.63, 3.8) is 0 Å². The van der Waals surface area contributed by atoms with Gasteiger partial charge in [0.2, 0.25) is 5.75 Å². The third-order valence-electron chi connectivity index (χ3n) is 8.72. The van der Waals surface area contributed by atoms with Gasteiger partial charge in [0.1, 0.15) is 5.82 Å². The summed E-state index contributed by atoms with van der Waals surface area (Å²) >= 11 is 0. The highest BCUT2D eigenvalue weighted by atomic mass is 16.5. The summed E-state index contributed by atoms with van der Waals surface area (Å²) in [6.45, 7) is 1.86. The van der Waals surface area contributed by atoms with Crippen LogP contribution in [0.2, 0.25) is 0 Å². The second-order valence-corrected chi connectivity index (χ2v) is 11.1. The monoisotopic (exact) mass is 625 g/mol. The standard InChI is InChI=1S/C35H35N3O8/c1-18-30-31(21-16-28(44-4)33(46-6)29(17-21)45-5)32-23(36-34(30)38(37-18)24-10-8-7-9-22(24)35(40)41)13-20(14-25(32)39)19-11-12-26(42-2)27(15-19)43-3/h7-12,15-17,20,31,36H,13-14H2,1-6H3,(H,40,41)/t20-,31+/m1/s1. The first kappa shape index (κ1) is 30.6. The predicted octanol–water partition coefficient (Wildman–Crippen LogP) is 5.88. The first-order valence-corrected chi connectivity index (χ1v) is 14.7. The van der Waals surface area contributed by atoms with Crippen LogP contribution < -0.4 is 29.0 Å². The number of hydrogen-bond donors (Lipinski definition) is 2. The number of benzene rings is 3. The van der Waals surface area contributed by atoms with Gasteiger partial charge in [-0.05, 0) is 66.8 Å². The summed E-state index contributed by atoms with van der Waals surface area (Å²) in [6, 6.07) is 16.1. The van der Waals surface area contributed by atoms with Crippen molar-refractivity contribution in [2.75, 3.05) is 40.9 Å². The highest BCUT2D eigenvalue weighted by Gasteiger charge is 2.42. The number of anilines is 1. The largest absolute Gasteiger partial charge is 0.493 e. The third-order valence-corrected chi connectivity index (χ3v) is 8.72. The Balaban J connectivity index is 1.57. The van der Waals surface area contributed by atoms with E-state index in [1.54, 1.807) is 57.4 Å². The van der Waals surface area contributed by atoms with E-state index in [1.807, 2.05) is 37.3 Å². The van der Waals surface area contributed by atoms with Crippen molar-refractivity contribution in [3.8, 4) is 34.4 Å². The maximum absolute atomic E-state index is 14.3. The molecule has 1 aromatic heterocycles. The van der Waals surface area contributed by atoms with Crippen molar-refractivity contribution in [1.29, 1.82) is 0 Å². The van der Waals surface area contributed by atoms with Gasteiger partial charge in [0.25, 0.3) is 0 Å². The normalized spacial score (nSPS) is 17.0. The van der Waals surface area contributed by atoms with Gasteiger partial charge < -0.3 is 34.1 Å². The third kappa shape index (κ3) is 4.97. The first-order valence-electron chi connectivity index (χ1n) is 14.7. The molecule has 0 spiro atoms. The number of allylic oxidation sites excluding steroid dienone is 2. The number of carbonyl (C=O) groups excluding carboxylic acids is 1. The number of rotatable bonds is 9. The number of aromatic nitrogens is 2. The zero-order chi connectivity index (χ0) is 32.7. The summed E-state index contributed by atoms with van der Waals surface area (Å²) in [7, 11) is 7.80. The van der Waals surface area contributed by atoms with Gasteiger partial charge in [-0.1, -0.05) is 18.2 Å². The second kappa shape index (κ2) is 12.2. The summed E-state index contributed by atoms with van der Waals surface area (Å²) in [6.07, 6.45) is 0.795. The lowest BCUT2D eigenvalue weighted by atomic mass is 9.72. The van der Waals surface area contributed by atoms with Crippen LogP contribution in [0.25, 0.3) is 5.69 Å². The fraction of sp³-hybridized carbons (Fsp3) is 0.286. The molecule has 2 atom stereocenters. The molecule has 11 nitrogen and oxygen atoms in total. The molecular weight excluding hydrogens is 590 g/mol. The number of carboxylic acids is 1. The topological polar surface area (TPSA) is 130 Å². The van der Waals surface area contributed by atoms with Crippen molar-refractivity contribution in [3.05, 3.63) is 93.8 Å². The van der Waals surface area contributed by atoms with Crippen LogP contribution in [0.15, 0.2) is 65.9 Å². The van der Waals surface area contributed by atoms with E-state index in [0.29, 0.717) is 57.9 Å². The van der Waals surface area contributed by atoms with Gasteiger partial charge in [0.15, 0.2) is 28.8 Å². The van der Waals surface area contributed by atoms with Crippen LogP contribution in [0.3, 0.4) is 0 Å². The molecule has 0 saturated heterocycles. The fourth-order valence-electron chi connectivity index (χ4n) is 6.63. The Morgan fingerprint density at radius 3 is 2.13 bits per heavy atom. The van der Waals surface area contributed by atoms with Crippen molar-refractivity contribution >= 4 is 17.6 Å². The van der Waals surface area contributed by atoms with Gasteiger partial charge in [-0.25, -0.2) is 9.48 Å². The van der Waals surface area contributed by atoms with Crippen LogP contribution in [0.1, 0.15) is 57.4 Å². The molecule has 0 unspecified atom stereocenters. The molecule has 2 N–H and O–H groups in total. The summed E-state index contributed by atoms with van der Waals surface area (Å²) in [5.74, 6) is 1.32. The number of aryl methyl sites for hydroxylation is 1. The van der Waals surface area contributed by atoms with Gasteiger partial charge in [-0.2, -0.15) is 5.10 Å². The molecule has 0 fully saturated rings. The number of carbonyl (C=O) groups is 2. The molecule has 6 rings (SSSR count). The molecule has 0 saturated carbocycles. The van der Waals surface area contributed by atoms with Gasteiger partial charge >= 0.3 is 5.97 Å². The summed E-state index contributed by atoms with van der Waals surface area (Å²) in [5.41, 5.74) is 4.94. The van der Waals surface area contributed by atoms with E-state index in [0.717, 1.165) is 22.4 Å². The average molecular weight is 626 g/mol. The van der Waals surface area contributed by atoms with Gasteiger partial charge in [-0.15, -0.1) is 0 Å². The molecule has 4 aromatic rings. The number of aromatic carboxylic acids is 1. The number of hydrogen-bond acceptors (Lipinski definition) is 9. The Morgan fingerprint density at radius 1 is 0.848 bits per heavy atom. The predicted molar refractivity (Wildman–Crippen MR) is 170 cm³/mol. The number of nitrogens with zero attached hydrogens (tertiary/aromatic N) is 2. The zero-order valence-corrected chi connectivity index (χ0v) is 26.5. The number of Topliss-reactive ketones (excluding diaryl/α,β-unsaturated/α-hetero) is 1. The van der Waals surface area contributed by atoms with Crippen LogP contribution in [0.5, 0.6) is 28.7 Å². The number of ether oxygens (including phenoxy) is 5. The summed E-state index contributed by atoms with van der Waals surface area (Å²) in [5, 5.41) is 18.4. The molecule has 1 aliphatic heterocycles. The van der Waals surface area contributed by atoms with Crippen molar-refractivity contribution in [1.82, 2.24) is 9.78 Å². The SMILES string of the molecule is COc1ccc([C@H]2CC(=O)C3=C(C2)Nc2c(c(C)nn2-c2ccccc2C(=O)O)[C@@H]3c2cc(OC)c(OC)c(OC)c2)cc1OC. The molecule has 0 radical (unpaired) electrons. The van der Waals surface area contributed by atoms with E-state index in [2.05, 4.69) is 5.32 Å². The van der Waals surface area contributed by atoms with E-state index in [1.165, 1.54) is 7.11 Å². The first-order chi connectivity index (χ1) is 22.2. The maximum atomic E-state index is 14.3. The lowest BCUT2D eigenvalue weighted by Crippen LogP contribution is -2.30. The van der Waals surface area contributed by atoms with Crippen molar-refractivity contribution in [2.24, 2.45) is 0 Å². The summed E-state index contributed by atoms with van der Waals surface area (Å²) in [4.78, 5) is 26.6. The zero-order valence-electron chi connectivity index (χ0n) is 26.5. The number of nitrogens with one attached hydrogen (secondary N) is 1. The highest BCUT2D eigenvalue weighted by molar-refractivity contribution is 6.02. The van der Waals surface area contributed by atoms with Crippen LogP contribution in [-0.4, -0.2) is 62.2 Å². The molecule has 11 heteroatoms. The quantitative estimate of drug-likeness (QED) is 0.233.